The lowest BCUT2D eigenvalue weighted by Gasteiger charge is -2.03. The van der Waals surface area contributed by atoms with Crippen molar-refractivity contribution >= 4 is 5.82 Å². The molecule has 0 unspecified atom stereocenters. The third-order valence-corrected chi connectivity index (χ3v) is 2.78. The number of aryl methyl sites for hydroxylation is 1. The van der Waals surface area contributed by atoms with Crippen molar-refractivity contribution < 1.29 is 0 Å². The van der Waals surface area contributed by atoms with Crippen molar-refractivity contribution in [1.29, 1.82) is 5.26 Å². The van der Waals surface area contributed by atoms with Gasteiger partial charge in [0.15, 0.2) is 0 Å². The molecular weight excluding hydrogens is 212 g/mol. The van der Waals surface area contributed by atoms with Crippen LogP contribution in [0, 0.1) is 18.3 Å². The number of imidazole rings is 1. The molecule has 86 valence electrons. The third kappa shape index (κ3) is 1.87. The monoisotopic (exact) mass is 226 g/mol. The molecule has 0 aliphatic rings. The molecule has 4 nitrogen and oxygen atoms in total. The van der Waals surface area contributed by atoms with E-state index in [9.17, 15) is 0 Å². The van der Waals surface area contributed by atoms with Gasteiger partial charge in [0.1, 0.15) is 17.3 Å². The number of nitrogen functional groups attached to an aromatic ring is 1. The minimum Gasteiger partial charge on any atom is -0.383 e. The molecule has 0 fully saturated rings. The molecule has 0 bridgehead atoms. The summed E-state index contributed by atoms with van der Waals surface area (Å²) in [6.07, 6.45) is 0. The fourth-order valence-corrected chi connectivity index (χ4v) is 1.93. The average Bonchev–Trinajstić information content (AvgIpc) is 2.64. The van der Waals surface area contributed by atoms with Crippen molar-refractivity contribution in [3.63, 3.8) is 0 Å². The molecule has 0 saturated carbocycles. The number of nitrogens with zero attached hydrogens (tertiary/aromatic N) is 3. The highest BCUT2D eigenvalue weighted by molar-refractivity contribution is 5.72. The van der Waals surface area contributed by atoms with E-state index in [4.69, 9.17) is 11.0 Å². The highest BCUT2D eigenvalue weighted by atomic mass is 15.1. The van der Waals surface area contributed by atoms with Gasteiger partial charge in [-0.2, -0.15) is 5.26 Å². The zero-order valence-corrected chi connectivity index (χ0v) is 9.94. The Hall–Kier alpha value is -2.28. The van der Waals surface area contributed by atoms with Gasteiger partial charge in [-0.1, -0.05) is 12.1 Å². The van der Waals surface area contributed by atoms with E-state index in [-0.39, 0.29) is 0 Å². The van der Waals surface area contributed by atoms with Gasteiger partial charge in [-0.3, -0.25) is 0 Å². The zero-order chi connectivity index (χ0) is 12.4. The average molecular weight is 226 g/mol. The van der Waals surface area contributed by atoms with E-state index in [2.05, 4.69) is 11.1 Å². The van der Waals surface area contributed by atoms with Crippen LogP contribution < -0.4 is 5.73 Å². The smallest absolute Gasteiger partial charge is 0.131 e. The molecule has 2 N–H and O–H groups in total. The van der Waals surface area contributed by atoms with Crippen LogP contribution in [0.2, 0.25) is 0 Å². The molecule has 0 spiro atoms. The van der Waals surface area contributed by atoms with Crippen LogP contribution in [0.4, 0.5) is 5.82 Å². The first-order valence-corrected chi connectivity index (χ1v) is 5.50. The van der Waals surface area contributed by atoms with E-state index in [0.29, 0.717) is 11.4 Å². The summed E-state index contributed by atoms with van der Waals surface area (Å²) in [7, 11) is 0. The predicted molar refractivity (Wildman–Crippen MR) is 67.2 cm³/mol. The predicted octanol–water partition coefficient (Wildman–Crippen LogP) is 2.33. The van der Waals surface area contributed by atoms with Crippen molar-refractivity contribution in [2.75, 3.05) is 5.73 Å². The van der Waals surface area contributed by atoms with E-state index in [1.165, 1.54) is 0 Å². The minimum atomic E-state index is 0.616. The van der Waals surface area contributed by atoms with Crippen molar-refractivity contribution in [2.24, 2.45) is 0 Å². The van der Waals surface area contributed by atoms with Gasteiger partial charge < -0.3 is 10.3 Å². The van der Waals surface area contributed by atoms with E-state index in [1.54, 1.807) is 12.1 Å². The summed E-state index contributed by atoms with van der Waals surface area (Å²) in [4.78, 5) is 4.46. The zero-order valence-electron chi connectivity index (χ0n) is 9.94. The Morgan fingerprint density at radius 3 is 2.82 bits per heavy atom. The molecule has 1 heterocycles. The van der Waals surface area contributed by atoms with Crippen LogP contribution in [-0.4, -0.2) is 9.55 Å². The summed E-state index contributed by atoms with van der Waals surface area (Å²) in [6, 6.07) is 9.44. The highest BCUT2D eigenvalue weighted by Crippen LogP contribution is 2.26. The summed E-state index contributed by atoms with van der Waals surface area (Å²) in [5.41, 5.74) is 8.31. The van der Waals surface area contributed by atoms with Crippen LogP contribution in [0.5, 0.6) is 0 Å². The molecule has 1 aromatic carbocycles. The second kappa shape index (κ2) is 4.30. The standard InChI is InChI=1S/C13H14N4/c1-3-17-9(2)16-12(13(17)15)11-6-4-5-10(7-11)8-14/h4-7H,3,15H2,1-2H3. The topological polar surface area (TPSA) is 67.6 Å². The Labute approximate surface area is 100 Å². The van der Waals surface area contributed by atoms with Crippen molar-refractivity contribution in [1.82, 2.24) is 9.55 Å². The van der Waals surface area contributed by atoms with Gasteiger partial charge in [0.2, 0.25) is 0 Å². The summed E-state index contributed by atoms with van der Waals surface area (Å²) < 4.78 is 1.95. The van der Waals surface area contributed by atoms with Crippen LogP contribution >= 0.6 is 0 Å². The lowest BCUT2D eigenvalue weighted by atomic mass is 10.1. The molecule has 17 heavy (non-hydrogen) atoms. The van der Waals surface area contributed by atoms with E-state index < -0.39 is 0 Å². The highest BCUT2D eigenvalue weighted by Gasteiger charge is 2.12. The van der Waals surface area contributed by atoms with Crippen molar-refractivity contribution in [3.05, 3.63) is 35.7 Å². The third-order valence-electron chi connectivity index (χ3n) is 2.78. The normalized spacial score (nSPS) is 10.2. The fourth-order valence-electron chi connectivity index (χ4n) is 1.93. The van der Waals surface area contributed by atoms with Crippen LogP contribution in [-0.2, 0) is 6.54 Å². The maximum absolute atomic E-state index is 8.88. The van der Waals surface area contributed by atoms with Gasteiger partial charge in [0.25, 0.3) is 0 Å². The molecule has 0 atom stereocenters. The minimum absolute atomic E-state index is 0.616. The lowest BCUT2D eigenvalue weighted by Crippen LogP contribution is -2.02. The van der Waals surface area contributed by atoms with Crippen molar-refractivity contribution in [2.45, 2.75) is 20.4 Å². The quantitative estimate of drug-likeness (QED) is 0.854. The van der Waals surface area contributed by atoms with Gasteiger partial charge in [-0.25, -0.2) is 4.98 Å². The number of anilines is 1. The first kappa shape index (κ1) is 11.2. The Balaban J connectivity index is 2.57. The van der Waals surface area contributed by atoms with Crippen LogP contribution in [0.1, 0.15) is 18.3 Å². The summed E-state index contributed by atoms with van der Waals surface area (Å²) >= 11 is 0. The molecule has 4 heteroatoms. The first-order valence-electron chi connectivity index (χ1n) is 5.50. The Morgan fingerprint density at radius 1 is 1.47 bits per heavy atom. The fraction of sp³-hybridized carbons (Fsp3) is 0.231. The van der Waals surface area contributed by atoms with Gasteiger partial charge >= 0.3 is 0 Å². The molecule has 0 radical (unpaired) electrons. The van der Waals surface area contributed by atoms with E-state index >= 15 is 0 Å². The molecule has 2 rings (SSSR count). The number of hydrogen-bond acceptors (Lipinski definition) is 3. The summed E-state index contributed by atoms with van der Waals surface area (Å²) in [5, 5.41) is 8.88. The maximum atomic E-state index is 8.88. The first-order chi connectivity index (χ1) is 8.17. The van der Waals surface area contributed by atoms with Gasteiger partial charge in [0.05, 0.1) is 11.6 Å². The molecule has 1 aromatic heterocycles. The van der Waals surface area contributed by atoms with Crippen LogP contribution in [0.3, 0.4) is 0 Å². The largest absolute Gasteiger partial charge is 0.383 e. The number of nitriles is 1. The van der Waals surface area contributed by atoms with Gasteiger partial charge in [-0.05, 0) is 26.0 Å². The second-order valence-corrected chi connectivity index (χ2v) is 3.83. The van der Waals surface area contributed by atoms with E-state index in [0.717, 1.165) is 23.6 Å². The Morgan fingerprint density at radius 2 is 2.24 bits per heavy atom. The molecular formula is C13H14N4. The number of nitrogens with two attached hydrogens (primary N) is 1. The van der Waals surface area contributed by atoms with Crippen molar-refractivity contribution in [3.8, 4) is 17.3 Å². The lowest BCUT2D eigenvalue weighted by molar-refractivity contribution is 0.739. The summed E-state index contributed by atoms with van der Waals surface area (Å²) in [5.74, 6) is 1.54. The maximum Gasteiger partial charge on any atom is 0.131 e. The van der Waals surface area contributed by atoms with Crippen LogP contribution in [0.15, 0.2) is 24.3 Å². The molecule has 0 amide bonds. The number of rotatable bonds is 2. The summed E-state index contributed by atoms with van der Waals surface area (Å²) in [6.45, 7) is 4.75. The van der Waals surface area contributed by atoms with Crippen LogP contribution in [0.25, 0.3) is 11.3 Å². The number of aromatic nitrogens is 2. The second-order valence-electron chi connectivity index (χ2n) is 3.83. The van der Waals surface area contributed by atoms with Gasteiger partial charge in [-0.15, -0.1) is 0 Å². The Bertz CT molecular complexity index is 590. The SMILES string of the molecule is CCn1c(C)nc(-c2cccc(C#N)c2)c1N. The molecule has 0 aliphatic carbocycles. The molecule has 2 aromatic rings. The molecule has 0 saturated heterocycles. The number of benzene rings is 1. The Kier molecular flexibility index (Phi) is 2.84. The number of hydrogen-bond donors (Lipinski definition) is 1. The van der Waals surface area contributed by atoms with Gasteiger partial charge in [0, 0.05) is 12.1 Å². The molecule has 0 aliphatic heterocycles. The van der Waals surface area contributed by atoms with E-state index in [1.807, 2.05) is 30.5 Å².